The van der Waals surface area contributed by atoms with E-state index in [1.165, 1.54) is 30.3 Å². The first kappa shape index (κ1) is 21.9. The van der Waals surface area contributed by atoms with Crippen molar-refractivity contribution in [3.05, 3.63) is 105 Å². The third-order valence-electron chi connectivity index (χ3n) is 7.39. The van der Waals surface area contributed by atoms with Crippen LogP contribution in [0.1, 0.15) is 27.4 Å². The van der Waals surface area contributed by atoms with E-state index in [2.05, 4.69) is 5.32 Å². The van der Waals surface area contributed by atoms with Gasteiger partial charge in [-0.25, -0.2) is 4.39 Å². The predicted molar refractivity (Wildman–Crippen MR) is 130 cm³/mol. The molecule has 3 aliphatic rings. The highest BCUT2D eigenvalue weighted by molar-refractivity contribution is 7.99. The molecule has 3 aromatic carbocycles. The molecule has 1 N–H and O–H groups in total. The van der Waals surface area contributed by atoms with Crippen LogP contribution in [0.25, 0.3) is 0 Å². The Morgan fingerprint density at radius 2 is 1.91 bits per heavy atom. The number of non-ortho nitro benzene ring substituents is 1. The second kappa shape index (κ2) is 8.00. The summed E-state index contributed by atoms with van der Waals surface area (Å²) in [4.78, 5) is 41.2. The van der Waals surface area contributed by atoms with Gasteiger partial charge in [0, 0.05) is 52.5 Å². The number of carbonyl (C=O) groups is 2. The number of Topliss-reactive ketones (excluding diaryl/α,β-unsaturated/α-hetero) is 1. The molecule has 0 saturated carbocycles. The predicted octanol–water partition coefficient (Wildman–Crippen LogP) is 4.55. The van der Waals surface area contributed by atoms with E-state index in [1.807, 2.05) is 4.90 Å². The van der Waals surface area contributed by atoms with Crippen molar-refractivity contribution in [3.8, 4) is 0 Å². The van der Waals surface area contributed by atoms with Crippen LogP contribution in [0.15, 0.2) is 72.8 Å². The molecule has 3 heterocycles. The van der Waals surface area contributed by atoms with Crippen LogP contribution in [0, 0.1) is 21.8 Å². The van der Waals surface area contributed by atoms with Gasteiger partial charge in [-0.05, 0) is 23.8 Å². The van der Waals surface area contributed by atoms with Gasteiger partial charge in [0.15, 0.2) is 5.78 Å². The Hall–Kier alpha value is -3.56. The second-order valence-corrected chi connectivity index (χ2v) is 10.0. The Morgan fingerprint density at radius 1 is 1.11 bits per heavy atom. The van der Waals surface area contributed by atoms with Crippen LogP contribution in [0.4, 0.5) is 15.8 Å². The molecular formula is C26H20FN3O4S. The van der Waals surface area contributed by atoms with Crippen molar-refractivity contribution < 1.29 is 18.9 Å². The molecular weight excluding hydrogens is 469 g/mol. The lowest BCUT2D eigenvalue weighted by Gasteiger charge is -2.36. The number of halogens is 1. The number of nitrogens with zero attached hydrogens (tertiary/aromatic N) is 2. The molecule has 2 saturated heterocycles. The molecule has 9 heteroatoms. The van der Waals surface area contributed by atoms with E-state index in [-0.39, 0.29) is 23.4 Å². The summed E-state index contributed by atoms with van der Waals surface area (Å²) in [5, 5.41) is 14.4. The largest absolute Gasteiger partial charge is 0.324 e. The number of benzene rings is 3. The molecule has 3 aromatic rings. The average molecular weight is 490 g/mol. The van der Waals surface area contributed by atoms with Crippen molar-refractivity contribution in [2.24, 2.45) is 5.92 Å². The van der Waals surface area contributed by atoms with Gasteiger partial charge in [0.2, 0.25) is 5.91 Å². The van der Waals surface area contributed by atoms with Crippen LogP contribution in [0.3, 0.4) is 0 Å². The number of nitrogens with one attached hydrogen (secondary N) is 1. The smallest absolute Gasteiger partial charge is 0.269 e. The first-order valence-corrected chi connectivity index (χ1v) is 12.4. The van der Waals surface area contributed by atoms with Crippen LogP contribution in [-0.4, -0.2) is 39.2 Å². The molecule has 1 spiro atoms. The molecule has 6 rings (SSSR count). The molecule has 0 unspecified atom stereocenters. The Morgan fingerprint density at radius 3 is 2.69 bits per heavy atom. The van der Waals surface area contributed by atoms with Gasteiger partial charge in [0.25, 0.3) is 5.69 Å². The van der Waals surface area contributed by atoms with Gasteiger partial charge in [0.05, 0.1) is 10.8 Å². The lowest BCUT2D eigenvalue weighted by molar-refractivity contribution is -0.384. The lowest BCUT2D eigenvalue weighted by atomic mass is 9.69. The summed E-state index contributed by atoms with van der Waals surface area (Å²) in [5.41, 5.74) is 0.497. The van der Waals surface area contributed by atoms with Gasteiger partial charge < -0.3 is 5.32 Å². The van der Waals surface area contributed by atoms with Gasteiger partial charge >= 0.3 is 0 Å². The molecule has 0 radical (unpaired) electrons. The minimum atomic E-state index is -1.42. The SMILES string of the molecule is O=C(c1ccccc1)[C@H]1[C@@H](c2cccc([N+](=O)[O-])c2)[C@@H]2CSCN2[C@@]12C(=O)Nc1ccc(F)cc12. The quantitative estimate of drug-likeness (QED) is 0.328. The highest BCUT2D eigenvalue weighted by Gasteiger charge is 2.69. The number of ketones is 1. The van der Waals surface area contributed by atoms with E-state index in [1.54, 1.807) is 54.2 Å². The molecule has 35 heavy (non-hydrogen) atoms. The zero-order chi connectivity index (χ0) is 24.3. The average Bonchev–Trinajstić information content (AvgIpc) is 3.52. The van der Waals surface area contributed by atoms with Crippen molar-refractivity contribution in [1.29, 1.82) is 0 Å². The van der Waals surface area contributed by atoms with E-state index in [0.717, 1.165) is 0 Å². The molecule has 1 amide bonds. The molecule has 0 aromatic heterocycles. The highest BCUT2D eigenvalue weighted by Crippen LogP contribution is 2.61. The summed E-state index contributed by atoms with van der Waals surface area (Å²) in [7, 11) is 0. The number of anilines is 1. The standard InChI is InChI=1S/C26H20FN3O4S/c27-17-9-10-20-19(12-17)26(25(32)28-20)23(24(31)15-5-2-1-3-6-15)22(21-13-35-14-29(21)26)16-7-4-8-18(11-16)30(33)34/h1-12,21-23H,13-14H2,(H,28,32)/t21-,22-,23+,26+/m0/s1. The Kier molecular flexibility index (Phi) is 5.01. The van der Waals surface area contributed by atoms with E-state index in [4.69, 9.17) is 0 Å². The fraction of sp³-hybridized carbons (Fsp3) is 0.231. The van der Waals surface area contributed by atoms with Crippen LogP contribution in [0.2, 0.25) is 0 Å². The molecule has 0 aliphatic carbocycles. The zero-order valence-corrected chi connectivity index (χ0v) is 19.2. The summed E-state index contributed by atoms with van der Waals surface area (Å²) >= 11 is 1.63. The lowest BCUT2D eigenvalue weighted by Crippen LogP contribution is -2.52. The number of thioether (sulfide) groups is 1. The summed E-state index contributed by atoms with van der Waals surface area (Å²) < 4.78 is 14.6. The maximum Gasteiger partial charge on any atom is 0.269 e. The second-order valence-electron chi connectivity index (χ2n) is 9.03. The number of hydrogen-bond acceptors (Lipinski definition) is 6. The van der Waals surface area contributed by atoms with Crippen LogP contribution >= 0.6 is 11.8 Å². The van der Waals surface area contributed by atoms with Gasteiger partial charge in [-0.2, -0.15) is 0 Å². The maximum absolute atomic E-state index is 14.6. The van der Waals surface area contributed by atoms with Crippen molar-refractivity contribution in [3.63, 3.8) is 0 Å². The molecule has 176 valence electrons. The van der Waals surface area contributed by atoms with E-state index < -0.39 is 28.1 Å². The Bertz CT molecular complexity index is 1380. The van der Waals surface area contributed by atoms with Crippen molar-refractivity contribution in [2.45, 2.75) is 17.5 Å². The number of fused-ring (bicyclic) bond motifs is 4. The molecule has 4 atom stereocenters. The minimum Gasteiger partial charge on any atom is -0.324 e. The van der Waals surface area contributed by atoms with Crippen LogP contribution < -0.4 is 5.32 Å². The monoisotopic (exact) mass is 489 g/mol. The molecule has 3 aliphatic heterocycles. The normalized spacial score (nSPS) is 27.0. The van der Waals surface area contributed by atoms with Crippen molar-refractivity contribution >= 4 is 34.8 Å². The van der Waals surface area contributed by atoms with Crippen LogP contribution in [-0.2, 0) is 10.3 Å². The Balaban J connectivity index is 1.63. The number of carbonyl (C=O) groups excluding carboxylic acids is 2. The van der Waals surface area contributed by atoms with Gasteiger partial charge in [-0.1, -0.05) is 42.5 Å². The number of nitro benzene ring substituents is 1. The fourth-order valence-corrected chi connectivity index (χ4v) is 7.37. The van der Waals surface area contributed by atoms with E-state index in [9.17, 15) is 24.1 Å². The third kappa shape index (κ3) is 3.08. The molecule has 2 fully saturated rings. The maximum atomic E-state index is 14.6. The summed E-state index contributed by atoms with van der Waals surface area (Å²) in [5.74, 6) is -1.38. The minimum absolute atomic E-state index is 0.0751. The number of nitro groups is 1. The highest BCUT2D eigenvalue weighted by atomic mass is 32.2. The zero-order valence-electron chi connectivity index (χ0n) is 18.4. The van der Waals surface area contributed by atoms with Crippen molar-refractivity contribution in [2.75, 3.05) is 16.9 Å². The van der Waals surface area contributed by atoms with E-state index >= 15 is 0 Å². The van der Waals surface area contributed by atoms with Gasteiger partial charge in [0.1, 0.15) is 11.4 Å². The molecule has 7 nitrogen and oxygen atoms in total. The number of rotatable bonds is 4. The van der Waals surface area contributed by atoms with Gasteiger partial charge in [-0.15, -0.1) is 11.8 Å². The van der Waals surface area contributed by atoms with Gasteiger partial charge in [-0.3, -0.25) is 24.6 Å². The van der Waals surface area contributed by atoms with E-state index in [0.29, 0.717) is 34.0 Å². The summed E-state index contributed by atoms with van der Waals surface area (Å²) in [6.07, 6.45) is 0. The first-order chi connectivity index (χ1) is 16.9. The number of hydrogen-bond donors (Lipinski definition) is 1. The number of amides is 1. The molecule has 0 bridgehead atoms. The Labute approximate surface area is 204 Å². The summed E-state index contributed by atoms with van der Waals surface area (Å²) in [6, 6.07) is 19.0. The first-order valence-electron chi connectivity index (χ1n) is 11.2. The van der Waals surface area contributed by atoms with Crippen LogP contribution in [0.5, 0.6) is 0 Å². The topological polar surface area (TPSA) is 92.5 Å². The fourth-order valence-electron chi connectivity index (χ4n) is 6.05. The summed E-state index contributed by atoms with van der Waals surface area (Å²) in [6.45, 7) is 0. The third-order valence-corrected chi connectivity index (χ3v) is 8.43. The van der Waals surface area contributed by atoms with Crippen molar-refractivity contribution in [1.82, 2.24) is 4.90 Å².